The van der Waals surface area contributed by atoms with E-state index < -0.39 is 0 Å². The predicted octanol–water partition coefficient (Wildman–Crippen LogP) is 0.116. The normalized spacial score (nSPS) is 16.2. The standard InChI is InChI=1S/C13H20N4O2/c14-11-2-4-15-12(10-11)13(18)16-3-1-5-17-6-8-19-9-7-17/h2,4,10H,1,3,5-9H2,(H2,14,15)(H,16,18). The average Bonchev–Trinajstić information content (AvgIpc) is 2.44. The number of amides is 1. The number of rotatable bonds is 5. The van der Waals surface area contributed by atoms with E-state index in [1.807, 2.05) is 0 Å². The van der Waals surface area contributed by atoms with E-state index in [-0.39, 0.29) is 5.91 Å². The van der Waals surface area contributed by atoms with Crippen molar-refractivity contribution in [2.24, 2.45) is 0 Å². The lowest BCUT2D eigenvalue weighted by atomic mass is 10.3. The minimum absolute atomic E-state index is 0.172. The summed E-state index contributed by atoms with van der Waals surface area (Å²) in [6.07, 6.45) is 2.46. The number of anilines is 1. The highest BCUT2D eigenvalue weighted by atomic mass is 16.5. The Kier molecular flexibility index (Phi) is 5.11. The molecule has 0 spiro atoms. The van der Waals surface area contributed by atoms with Gasteiger partial charge in [-0.2, -0.15) is 0 Å². The molecule has 1 aromatic rings. The number of carbonyl (C=O) groups is 1. The second-order valence-electron chi connectivity index (χ2n) is 4.54. The van der Waals surface area contributed by atoms with E-state index >= 15 is 0 Å². The number of morpholine rings is 1. The first-order valence-electron chi connectivity index (χ1n) is 6.55. The molecule has 2 rings (SSSR count). The summed E-state index contributed by atoms with van der Waals surface area (Å²) in [6.45, 7) is 5.19. The third-order valence-corrected chi connectivity index (χ3v) is 3.06. The molecule has 0 unspecified atom stereocenters. The van der Waals surface area contributed by atoms with Gasteiger partial charge in [0.2, 0.25) is 0 Å². The quantitative estimate of drug-likeness (QED) is 0.738. The van der Waals surface area contributed by atoms with E-state index in [1.165, 1.54) is 6.20 Å². The number of carbonyl (C=O) groups excluding carboxylic acids is 1. The first-order valence-corrected chi connectivity index (χ1v) is 6.55. The van der Waals surface area contributed by atoms with E-state index in [9.17, 15) is 4.79 Å². The molecule has 19 heavy (non-hydrogen) atoms. The summed E-state index contributed by atoms with van der Waals surface area (Å²) in [6, 6.07) is 3.24. The monoisotopic (exact) mass is 264 g/mol. The van der Waals surface area contributed by atoms with Crippen molar-refractivity contribution in [2.45, 2.75) is 6.42 Å². The molecule has 0 saturated carbocycles. The van der Waals surface area contributed by atoms with Crippen molar-refractivity contribution in [3.05, 3.63) is 24.0 Å². The largest absolute Gasteiger partial charge is 0.399 e. The van der Waals surface area contributed by atoms with Crippen molar-refractivity contribution < 1.29 is 9.53 Å². The van der Waals surface area contributed by atoms with Gasteiger partial charge in [-0.15, -0.1) is 0 Å². The van der Waals surface area contributed by atoms with Gasteiger partial charge in [0.05, 0.1) is 13.2 Å². The molecule has 6 heteroatoms. The van der Waals surface area contributed by atoms with E-state index in [0.717, 1.165) is 39.3 Å². The van der Waals surface area contributed by atoms with Crippen molar-refractivity contribution in [3.8, 4) is 0 Å². The van der Waals surface area contributed by atoms with Gasteiger partial charge in [-0.05, 0) is 25.1 Å². The highest BCUT2D eigenvalue weighted by Gasteiger charge is 2.10. The Balaban J connectivity index is 1.66. The fourth-order valence-corrected chi connectivity index (χ4v) is 1.99. The van der Waals surface area contributed by atoms with E-state index in [1.54, 1.807) is 12.1 Å². The summed E-state index contributed by atoms with van der Waals surface area (Å²) >= 11 is 0. The molecule has 1 fully saturated rings. The number of ether oxygens (including phenoxy) is 1. The fourth-order valence-electron chi connectivity index (χ4n) is 1.99. The fraction of sp³-hybridized carbons (Fsp3) is 0.538. The predicted molar refractivity (Wildman–Crippen MR) is 72.9 cm³/mol. The van der Waals surface area contributed by atoms with E-state index in [2.05, 4.69) is 15.2 Å². The van der Waals surface area contributed by atoms with Gasteiger partial charge in [0.15, 0.2) is 0 Å². The summed E-state index contributed by atoms with van der Waals surface area (Å²) in [5.74, 6) is -0.172. The third-order valence-electron chi connectivity index (χ3n) is 3.06. The molecule has 1 saturated heterocycles. The summed E-state index contributed by atoms with van der Waals surface area (Å²) in [5, 5.41) is 2.85. The SMILES string of the molecule is Nc1ccnc(C(=O)NCCCN2CCOCC2)c1. The molecule has 1 aromatic heterocycles. The van der Waals surface area contributed by atoms with Crippen LogP contribution in [-0.2, 0) is 4.74 Å². The molecule has 6 nitrogen and oxygen atoms in total. The number of pyridine rings is 1. The maximum Gasteiger partial charge on any atom is 0.269 e. The number of aromatic nitrogens is 1. The van der Waals surface area contributed by atoms with Crippen LogP contribution in [0.2, 0.25) is 0 Å². The Morgan fingerprint density at radius 3 is 3.00 bits per heavy atom. The molecule has 1 amide bonds. The van der Waals surface area contributed by atoms with Crippen LogP contribution in [0.4, 0.5) is 5.69 Å². The Bertz CT molecular complexity index is 419. The number of nitrogens with one attached hydrogen (secondary N) is 1. The van der Waals surface area contributed by atoms with Crippen LogP contribution < -0.4 is 11.1 Å². The van der Waals surface area contributed by atoms with E-state index in [4.69, 9.17) is 10.5 Å². The zero-order valence-corrected chi connectivity index (χ0v) is 11.0. The molecular weight excluding hydrogens is 244 g/mol. The zero-order valence-electron chi connectivity index (χ0n) is 11.0. The summed E-state index contributed by atoms with van der Waals surface area (Å²) in [5.41, 5.74) is 6.53. The maximum absolute atomic E-state index is 11.8. The minimum atomic E-state index is -0.172. The average molecular weight is 264 g/mol. The van der Waals surface area contributed by atoms with Gasteiger partial charge < -0.3 is 15.8 Å². The number of nitrogen functional groups attached to an aromatic ring is 1. The molecule has 0 radical (unpaired) electrons. The van der Waals surface area contributed by atoms with Gasteiger partial charge in [-0.1, -0.05) is 0 Å². The Morgan fingerprint density at radius 2 is 2.26 bits per heavy atom. The smallest absolute Gasteiger partial charge is 0.269 e. The number of hydrogen-bond acceptors (Lipinski definition) is 5. The summed E-state index contributed by atoms with van der Waals surface area (Å²) in [7, 11) is 0. The lowest BCUT2D eigenvalue weighted by Gasteiger charge is -2.26. The van der Waals surface area contributed by atoms with Crippen LogP contribution in [0.1, 0.15) is 16.9 Å². The molecule has 0 bridgehead atoms. The molecule has 0 atom stereocenters. The van der Waals surface area contributed by atoms with Crippen LogP contribution in [-0.4, -0.2) is 55.2 Å². The third kappa shape index (κ3) is 4.50. The Morgan fingerprint density at radius 1 is 1.47 bits per heavy atom. The maximum atomic E-state index is 11.8. The van der Waals surface area contributed by atoms with Crippen molar-refractivity contribution in [1.29, 1.82) is 0 Å². The second kappa shape index (κ2) is 7.06. The van der Waals surface area contributed by atoms with Crippen LogP contribution in [0, 0.1) is 0 Å². The molecule has 104 valence electrons. The minimum Gasteiger partial charge on any atom is -0.399 e. The number of nitrogens with two attached hydrogens (primary N) is 1. The van der Waals surface area contributed by atoms with Crippen LogP contribution in [0.15, 0.2) is 18.3 Å². The summed E-state index contributed by atoms with van der Waals surface area (Å²) in [4.78, 5) is 18.1. The van der Waals surface area contributed by atoms with Gasteiger partial charge in [-0.25, -0.2) is 0 Å². The van der Waals surface area contributed by atoms with Gasteiger partial charge in [0.1, 0.15) is 5.69 Å². The Labute approximate surface area is 112 Å². The highest BCUT2D eigenvalue weighted by molar-refractivity contribution is 5.92. The lowest BCUT2D eigenvalue weighted by Crippen LogP contribution is -2.38. The topological polar surface area (TPSA) is 80.5 Å². The Hall–Kier alpha value is -1.66. The van der Waals surface area contributed by atoms with Crippen LogP contribution in [0.5, 0.6) is 0 Å². The highest BCUT2D eigenvalue weighted by Crippen LogP contribution is 2.02. The molecule has 0 aromatic carbocycles. The van der Waals surface area contributed by atoms with Crippen molar-refractivity contribution in [2.75, 3.05) is 45.1 Å². The first kappa shape index (κ1) is 13.8. The molecule has 2 heterocycles. The van der Waals surface area contributed by atoms with Crippen LogP contribution in [0.3, 0.4) is 0 Å². The summed E-state index contributed by atoms with van der Waals surface area (Å²) < 4.78 is 5.28. The molecule has 1 aliphatic heterocycles. The van der Waals surface area contributed by atoms with Crippen molar-refractivity contribution in [3.63, 3.8) is 0 Å². The van der Waals surface area contributed by atoms with Crippen LogP contribution in [0.25, 0.3) is 0 Å². The lowest BCUT2D eigenvalue weighted by molar-refractivity contribution is 0.0374. The molecule has 3 N–H and O–H groups in total. The number of hydrogen-bond donors (Lipinski definition) is 2. The zero-order chi connectivity index (χ0) is 13.5. The second-order valence-corrected chi connectivity index (χ2v) is 4.54. The molecular formula is C13H20N4O2. The first-order chi connectivity index (χ1) is 9.25. The van der Waals surface area contributed by atoms with E-state index in [0.29, 0.717) is 17.9 Å². The van der Waals surface area contributed by atoms with Crippen LogP contribution >= 0.6 is 0 Å². The van der Waals surface area contributed by atoms with Crippen molar-refractivity contribution in [1.82, 2.24) is 15.2 Å². The van der Waals surface area contributed by atoms with Gasteiger partial charge in [0, 0.05) is 31.5 Å². The number of nitrogens with zero attached hydrogens (tertiary/aromatic N) is 2. The molecule has 1 aliphatic rings. The van der Waals surface area contributed by atoms with Gasteiger partial charge in [0.25, 0.3) is 5.91 Å². The molecule has 0 aliphatic carbocycles. The van der Waals surface area contributed by atoms with Crippen molar-refractivity contribution >= 4 is 11.6 Å². The van der Waals surface area contributed by atoms with Gasteiger partial charge in [-0.3, -0.25) is 14.7 Å². The van der Waals surface area contributed by atoms with Gasteiger partial charge >= 0.3 is 0 Å².